The summed E-state index contributed by atoms with van der Waals surface area (Å²) in [7, 11) is 0. The van der Waals surface area contributed by atoms with Gasteiger partial charge in [0, 0.05) is 12.2 Å². The second-order valence-corrected chi connectivity index (χ2v) is 4.87. The lowest BCUT2D eigenvalue weighted by molar-refractivity contribution is 0.475. The molecule has 0 fully saturated rings. The highest BCUT2D eigenvalue weighted by molar-refractivity contribution is 7.99. The molecule has 1 aromatic rings. The monoisotopic (exact) mass is 225 g/mol. The Hall–Kier alpha value is -0.830. The van der Waals surface area contributed by atoms with Gasteiger partial charge in [0.05, 0.1) is 0 Å². The first-order chi connectivity index (χ1) is 7.24. The maximum Gasteiger partial charge on any atom is 0.115 e. The number of nitrogens with one attached hydrogen (secondary N) is 1. The molecule has 0 saturated heterocycles. The van der Waals surface area contributed by atoms with Gasteiger partial charge in [0.2, 0.25) is 0 Å². The molecule has 15 heavy (non-hydrogen) atoms. The van der Waals surface area contributed by atoms with Crippen LogP contribution >= 0.6 is 11.8 Å². The van der Waals surface area contributed by atoms with E-state index in [1.807, 2.05) is 24.8 Å². The minimum atomic E-state index is 0.333. The van der Waals surface area contributed by atoms with Crippen molar-refractivity contribution in [3.63, 3.8) is 0 Å². The van der Waals surface area contributed by atoms with Crippen LogP contribution in [-0.4, -0.2) is 23.2 Å². The van der Waals surface area contributed by atoms with E-state index in [1.54, 1.807) is 12.1 Å². The Labute approximate surface area is 96.1 Å². The number of phenols is 1. The molecule has 0 atom stereocenters. The van der Waals surface area contributed by atoms with Crippen molar-refractivity contribution >= 4 is 17.4 Å². The molecular formula is C12H19NOS. The molecule has 0 spiro atoms. The Bertz CT molecular complexity index is 302. The van der Waals surface area contributed by atoms with Crippen LogP contribution in [0.1, 0.15) is 18.9 Å². The largest absolute Gasteiger partial charge is 0.508 e. The summed E-state index contributed by atoms with van der Waals surface area (Å²) in [5.74, 6) is 2.73. The van der Waals surface area contributed by atoms with E-state index in [0.29, 0.717) is 5.75 Å². The van der Waals surface area contributed by atoms with Crippen LogP contribution in [0, 0.1) is 6.92 Å². The third-order valence-corrected chi connectivity index (χ3v) is 3.18. The Morgan fingerprint density at radius 3 is 2.87 bits per heavy atom. The van der Waals surface area contributed by atoms with Crippen molar-refractivity contribution in [2.45, 2.75) is 20.3 Å². The average molecular weight is 225 g/mol. The second kappa shape index (κ2) is 6.62. The molecule has 0 aliphatic rings. The van der Waals surface area contributed by atoms with E-state index in [9.17, 15) is 5.11 Å². The molecule has 2 nitrogen and oxygen atoms in total. The zero-order valence-corrected chi connectivity index (χ0v) is 10.2. The smallest absolute Gasteiger partial charge is 0.115 e. The molecule has 1 aromatic carbocycles. The summed E-state index contributed by atoms with van der Waals surface area (Å²) in [6.45, 7) is 5.18. The normalized spacial score (nSPS) is 10.3. The number of phenolic OH excluding ortho intramolecular Hbond substituents is 1. The van der Waals surface area contributed by atoms with Crippen LogP contribution in [0.25, 0.3) is 0 Å². The van der Waals surface area contributed by atoms with Gasteiger partial charge in [-0.25, -0.2) is 0 Å². The zero-order chi connectivity index (χ0) is 11.1. The van der Waals surface area contributed by atoms with E-state index in [-0.39, 0.29) is 0 Å². The fourth-order valence-corrected chi connectivity index (χ4v) is 2.02. The molecule has 0 heterocycles. The van der Waals surface area contributed by atoms with Gasteiger partial charge in [-0.15, -0.1) is 0 Å². The van der Waals surface area contributed by atoms with Crippen molar-refractivity contribution in [2.75, 3.05) is 23.4 Å². The van der Waals surface area contributed by atoms with E-state index in [4.69, 9.17) is 0 Å². The molecule has 0 aliphatic carbocycles. The Balaban J connectivity index is 2.31. The lowest BCUT2D eigenvalue weighted by Crippen LogP contribution is -2.03. The summed E-state index contributed by atoms with van der Waals surface area (Å²) in [6, 6.07) is 5.43. The summed E-state index contributed by atoms with van der Waals surface area (Å²) in [5.41, 5.74) is 2.22. The highest BCUT2D eigenvalue weighted by Gasteiger charge is 1.97. The quantitative estimate of drug-likeness (QED) is 0.576. The third kappa shape index (κ3) is 4.47. The van der Waals surface area contributed by atoms with Crippen molar-refractivity contribution in [1.82, 2.24) is 0 Å². The topological polar surface area (TPSA) is 32.3 Å². The fourth-order valence-electron chi connectivity index (χ4n) is 1.39. The number of rotatable bonds is 6. The maximum absolute atomic E-state index is 9.25. The van der Waals surface area contributed by atoms with Crippen LogP contribution < -0.4 is 5.32 Å². The minimum Gasteiger partial charge on any atom is -0.508 e. The van der Waals surface area contributed by atoms with Crippen molar-refractivity contribution in [1.29, 1.82) is 0 Å². The molecule has 0 amide bonds. The van der Waals surface area contributed by atoms with Gasteiger partial charge >= 0.3 is 0 Å². The number of anilines is 1. The number of thioether (sulfide) groups is 1. The average Bonchev–Trinajstić information content (AvgIpc) is 2.20. The predicted molar refractivity (Wildman–Crippen MR) is 68.9 cm³/mol. The number of aryl methyl sites for hydroxylation is 1. The summed E-state index contributed by atoms with van der Waals surface area (Å²) in [6.07, 6.45) is 1.18. The number of hydrogen-bond donors (Lipinski definition) is 2. The molecule has 0 radical (unpaired) electrons. The molecular weight excluding hydrogens is 206 g/mol. The van der Waals surface area contributed by atoms with E-state index in [0.717, 1.165) is 17.8 Å². The molecule has 0 aromatic heterocycles. The van der Waals surface area contributed by atoms with Crippen LogP contribution in [0.15, 0.2) is 18.2 Å². The fraction of sp³-hybridized carbons (Fsp3) is 0.500. The first-order valence-electron chi connectivity index (χ1n) is 5.35. The molecule has 1 rings (SSSR count). The van der Waals surface area contributed by atoms with Gasteiger partial charge in [0.25, 0.3) is 0 Å². The summed E-state index contributed by atoms with van der Waals surface area (Å²) >= 11 is 1.97. The zero-order valence-electron chi connectivity index (χ0n) is 9.42. The molecule has 0 aliphatic heterocycles. The van der Waals surface area contributed by atoms with Gasteiger partial charge < -0.3 is 10.4 Å². The van der Waals surface area contributed by atoms with Crippen molar-refractivity contribution in [3.8, 4) is 5.75 Å². The van der Waals surface area contributed by atoms with Crippen LogP contribution in [0.2, 0.25) is 0 Å². The number of aromatic hydroxyl groups is 1. The molecule has 3 heteroatoms. The van der Waals surface area contributed by atoms with Crippen molar-refractivity contribution < 1.29 is 5.11 Å². The van der Waals surface area contributed by atoms with Gasteiger partial charge in [0.1, 0.15) is 5.75 Å². The van der Waals surface area contributed by atoms with Gasteiger partial charge in [-0.1, -0.05) is 6.92 Å². The Morgan fingerprint density at radius 2 is 2.20 bits per heavy atom. The van der Waals surface area contributed by atoms with E-state index < -0.39 is 0 Å². The first kappa shape index (κ1) is 12.2. The molecule has 0 saturated carbocycles. The first-order valence-corrected chi connectivity index (χ1v) is 6.50. The predicted octanol–water partition coefficient (Wildman–Crippen LogP) is 3.26. The van der Waals surface area contributed by atoms with E-state index in [2.05, 4.69) is 12.2 Å². The molecule has 0 unspecified atom stereocenters. The highest BCUT2D eigenvalue weighted by Crippen LogP contribution is 2.19. The Kier molecular flexibility index (Phi) is 5.40. The van der Waals surface area contributed by atoms with Gasteiger partial charge in [-0.05, 0) is 48.6 Å². The van der Waals surface area contributed by atoms with E-state index in [1.165, 1.54) is 17.9 Å². The maximum atomic E-state index is 9.25. The summed E-state index contributed by atoms with van der Waals surface area (Å²) in [5, 5.41) is 12.6. The number of hydrogen-bond acceptors (Lipinski definition) is 3. The minimum absolute atomic E-state index is 0.333. The molecule has 2 N–H and O–H groups in total. The second-order valence-electron chi connectivity index (χ2n) is 3.48. The van der Waals surface area contributed by atoms with Crippen LogP contribution in [0.4, 0.5) is 5.69 Å². The third-order valence-electron chi connectivity index (χ3n) is 2.20. The lowest BCUT2D eigenvalue weighted by Gasteiger charge is -2.09. The lowest BCUT2D eigenvalue weighted by atomic mass is 10.2. The SMILES string of the molecule is CCSCCCNc1ccc(O)cc1C. The van der Waals surface area contributed by atoms with Crippen LogP contribution in [0.3, 0.4) is 0 Å². The van der Waals surface area contributed by atoms with Gasteiger partial charge in [-0.2, -0.15) is 11.8 Å². The van der Waals surface area contributed by atoms with Crippen molar-refractivity contribution in [2.24, 2.45) is 0 Å². The van der Waals surface area contributed by atoms with E-state index >= 15 is 0 Å². The molecule has 84 valence electrons. The summed E-state index contributed by atoms with van der Waals surface area (Å²) < 4.78 is 0. The summed E-state index contributed by atoms with van der Waals surface area (Å²) in [4.78, 5) is 0. The highest BCUT2D eigenvalue weighted by atomic mass is 32.2. The van der Waals surface area contributed by atoms with Gasteiger partial charge in [0.15, 0.2) is 0 Å². The van der Waals surface area contributed by atoms with Crippen molar-refractivity contribution in [3.05, 3.63) is 23.8 Å². The molecule has 0 bridgehead atoms. The Morgan fingerprint density at radius 1 is 1.40 bits per heavy atom. The van der Waals surface area contributed by atoms with Crippen LogP contribution in [-0.2, 0) is 0 Å². The van der Waals surface area contributed by atoms with Crippen LogP contribution in [0.5, 0.6) is 5.75 Å². The van der Waals surface area contributed by atoms with Gasteiger partial charge in [-0.3, -0.25) is 0 Å². The standard InChI is InChI=1S/C12H19NOS/c1-3-15-8-4-7-13-12-6-5-11(14)9-10(12)2/h5-6,9,13-14H,3-4,7-8H2,1-2H3. The number of benzene rings is 1.